The van der Waals surface area contributed by atoms with E-state index in [1.807, 2.05) is 0 Å². The molecule has 7 nitrogen and oxygen atoms in total. The Morgan fingerprint density at radius 3 is 2.39 bits per heavy atom. The number of benzene rings is 1. The second-order valence-corrected chi connectivity index (χ2v) is 7.04. The average Bonchev–Trinajstić information content (AvgIpc) is 2.99. The van der Waals surface area contributed by atoms with Crippen molar-refractivity contribution in [3.05, 3.63) is 41.0 Å². The lowest BCUT2D eigenvalue weighted by molar-refractivity contribution is -0.138. The Balaban J connectivity index is 2.08. The van der Waals surface area contributed by atoms with E-state index in [9.17, 15) is 13.2 Å². The van der Waals surface area contributed by atoms with Crippen molar-refractivity contribution in [3.63, 3.8) is 0 Å². The maximum atomic E-state index is 13.5. The molecule has 0 saturated carbocycles. The summed E-state index contributed by atoms with van der Waals surface area (Å²) < 4.78 is 50.9. The minimum Gasteiger partial charge on any atom is -0.488 e. The molecule has 0 aliphatic rings. The van der Waals surface area contributed by atoms with E-state index in [0.717, 1.165) is 6.07 Å². The van der Waals surface area contributed by atoms with Crippen molar-refractivity contribution in [3.8, 4) is 5.75 Å². The van der Waals surface area contributed by atoms with Crippen LogP contribution in [-0.4, -0.2) is 28.7 Å². The Morgan fingerprint density at radius 1 is 1.18 bits per heavy atom. The van der Waals surface area contributed by atoms with Crippen LogP contribution in [0.25, 0.3) is 0 Å². The predicted octanol–water partition coefficient (Wildman–Crippen LogP) is 3.44. The van der Waals surface area contributed by atoms with Gasteiger partial charge >= 0.3 is 6.18 Å². The fourth-order valence-electron chi connectivity index (χ4n) is 2.37. The summed E-state index contributed by atoms with van der Waals surface area (Å²) >= 11 is 0. The lowest BCUT2D eigenvalue weighted by Crippen LogP contribution is -2.37. The summed E-state index contributed by atoms with van der Waals surface area (Å²) in [5.41, 5.74) is -1.28. The van der Waals surface area contributed by atoms with Gasteiger partial charge in [0.2, 0.25) is 5.89 Å². The van der Waals surface area contributed by atoms with Crippen LogP contribution in [0.5, 0.6) is 5.75 Å². The Morgan fingerprint density at radius 2 is 1.86 bits per heavy atom. The molecule has 0 atom stereocenters. The number of aliphatic imine (C=N–C) groups is 1. The highest BCUT2D eigenvalue weighted by Crippen LogP contribution is 2.35. The molecule has 0 aliphatic carbocycles. The first-order valence-electron chi connectivity index (χ1n) is 8.61. The van der Waals surface area contributed by atoms with Crippen molar-refractivity contribution in [1.82, 2.24) is 20.8 Å². The predicted molar refractivity (Wildman–Crippen MR) is 97.9 cm³/mol. The Hall–Kier alpha value is -2.78. The van der Waals surface area contributed by atoms with E-state index >= 15 is 0 Å². The molecule has 0 unspecified atom stereocenters. The monoisotopic (exact) mass is 399 g/mol. The first-order valence-corrected chi connectivity index (χ1v) is 8.61. The third-order valence-corrected chi connectivity index (χ3v) is 3.46. The lowest BCUT2D eigenvalue weighted by Gasteiger charge is -2.23. The molecule has 1 aromatic heterocycles. The number of nitrogens with one attached hydrogen (secondary N) is 2. The van der Waals surface area contributed by atoms with Crippen molar-refractivity contribution < 1.29 is 22.4 Å². The zero-order chi connectivity index (χ0) is 20.9. The van der Waals surface area contributed by atoms with Gasteiger partial charge in [-0.05, 0) is 38.5 Å². The van der Waals surface area contributed by atoms with Gasteiger partial charge in [0.1, 0.15) is 11.4 Å². The van der Waals surface area contributed by atoms with E-state index in [2.05, 4.69) is 25.8 Å². The number of ether oxygens (including phenoxy) is 1. The highest BCUT2D eigenvalue weighted by atomic mass is 19.4. The molecule has 2 rings (SSSR count). The number of hydrogen-bond donors (Lipinski definition) is 2. The van der Waals surface area contributed by atoms with E-state index in [1.54, 1.807) is 27.7 Å². The van der Waals surface area contributed by atoms with Crippen LogP contribution in [-0.2, 0) is 19.3 Å². The minimum absolute atomic E-state index is 0.0738. The second kappa shape index (κ2) is 8.49. The number of halogens is 3. The lowest BCUT2D eigenvalue weighted by atomic mass is 10.1. The van der Waals surface area contributed by atoms with Crippen LogP contribution in [0.3, 0.4) is 0 Å². The largest absolute Gasteiger partial charge is 0.488 e. The van der Waals surface area contributed by atoms with Crippen LogP contribution in [0.15, 0.2) is 27.7 Å². The highest BCUT2D eigenvalue weighted by Gasteiger charge is 2.34. The minimum atomic E-state index is -4.51. The normalized spacial score (nSPS) is 12.8. The molecular formula is C18H24F3N5O2. The van der Waals surface area contributed by atoms with E-state index in [1.165, 1.54) is 19.2 Å². The Kier molecular flexibility index (Phi) is 6.52. The number of guanidine groups is 1. The van der Waals surface area contributed by atoms with Gasteiger partial charge in [0.05, 0.1) is 12.1 Å². The van der Waals surface area contributed by atoms with Gasteiger partial charge in [-0.2, -0.15) is 18.2 Å². The Bertz CT molecular complexity index is 825. The van der Waals surface area contributed by atoms with E-state index in [-0.39, 0.29) is 24.4 Å². The molecule has 0 spiro atoms. The number of alkyl halides is 3. The first-order chi connectivity index (χ1) is 13.0. The molecule has 28 heavy (non-hydrogen) atoms. The highest BCUT2D eigenvalue weighted by molar-refractivity contribution is 5.79. The van der Waals surface area contributed by atoms with Gasteiger partial charge in [-0.1, -0.05) is 11.2 Å². The fourth-order valence-corrected chi connectivity index (χ4v) is 2.37. The molecule has 2 N–H and O–H groups in total. The Labute approximate surface area is 161 Å². The summed E-state index contributed by atoms with van der Waals surface area (Å²) in [5, 5.41) is 9.50. The van der Waals surface area contributed by atoms with E-state index in [0.29, 0.717) is 17.7 Å². The zero-order valence-electron chi connectivity index (χ0n) is 16.4. The van der Waals surface area contributed by atoms with Gasteiger partial charge in [-0.15, -0.1) is 0 Å². The quantitative estimate of drug-likeness (QED) is 0.592. The maximum absolute atomic E-state index is 13.5. The van der Waals surface area contributed by atoms with Crippen LogP contribution in [0.1, 0.15) is 43.6 Å². The molecule has 1 heterocycles. The van der Waals surface area contributed by atoms with E-state index in [4.69, 9.17) is 9.26 Å². The van der Waals surface area contributed by atoms with Crippen LogP contribution < -0.4 is 15.4 Å². The molecule has 0 saturated heterocycles. The van der Waals surface area contributed by atoms with Gasteiger partial charge in [-0.3, -0.25) is 4.99 Å². The SMILES string of the molecule is CN=C(NCc1noc(C)n1)NCc1ccc(OC(C)(C)C)cc1C(F)(F)F. The molecule has 154 valence electrons. The maximum Gasteiger partial charge on any atom is 0.416 e. The molecule has 0 aliphatic heterocycles. The van der Waals surface area contributed by atoms with Gasteiger partial charge < -0.3 is 19.9 Å². The van der Waals surface area contributed by atoms with Crippen molar-refractivity contribution in [2.45, 2.75) is 52.6 Å². The molecule has 0 radical (unpaired) electrons. The smallest absolute Gasteiger partial charge is 0.416 e. The van der Waals surface area contributed by atoms with E-state index < -0.39 is 17.3 Å². The number of hydrogen-bond acceptors (Lipinski definition) is 5. The summed E-state index contributed by atoms with van der Waals surface area (Å²) in [6.07, 6.45) is -4.51. The first kappa shape index (κ1) is 21.5. The van der Waals surface area contributed by atoms with Gasteiger partial charge in [0.25, 0.3) is 0 Å². The van der Waals surface area contributed by atoms with Gasteiger partial charge in [0, 0.05) is 20.5 Å². The van der Waals surface area contributed by atoms with Crippen molar-refractivity contribution in [2.24, 2.45) is 4.99 Å². The summed E-state index contributed by atoms with van der Waals surface area (Å²) in [4.78, 5) is 8.02. The van der Waals surface area contributed by atoms with Crippen LogP contribution >= 0.6 is 0 Å². The van der Waals surface area contributed by atoms with Crippen molar-refractivity contribution in [1.29, 1.82) is 0 Å². The summed E-state index contributed by atoms with van der Waals surface area (Å²) in [7, 11) is 1.52. The molecule has 10 heteroatoms. The van der Waals surface area contributed by atoms with Gasteiger partial charge in [-0.25, -0.2) is 0 Å². The van der Waals surface area contributed by atoms with Gasteiger partial charge in [0.15, 0.2) is 11.8 Å². The standard InChI is InChI=1S/C18H24F3N5O2/c1-11-25-15(26-28-11)10-24-16(22-5)23-9-12-6-7-13(27-17(2,3)4)8-14(12)18(19,20)21/h6-8H,9-10H2,1-5H3,(H2,22,23,24). The fraction of sp³-hybridized carbons (Fsp3) is 0.500. The average molecular weight is 399 g/mol. The van der Waals surface area contributed by atoms with Crippen molar-refractivity contribution in [2.75, 3.05) is 7.05 Å². The number of nitrogens with zero attached hydrogens (tertiary/aromatic N) is 3. The van der Waals surface area contributed by atoms with Crippen LogP contribution in [0, 0.1) is 6.92 Å². The third-order valence-electron chi connectivity index (χ3n) is 3.46. The number of rotatable bonds is 5. The number of aryl methyl sites for hydroxylation is 1. The van der Waals surface area contributed by atoms with Crippen molar-refractivity contribution >= 4 is 5.96 Å². The summed E-state index contributed by atoms with van der Waals surface area (Å²) in [6, 6.07) is 3.93. The molecule has 0 amide bonds. The molecule has 0 bridgehead atoms. The molecule has 2 aromatic rings. The summed E-state index contributed by atoms with van der Waals surface area (Å²) in [6.45, 7) is 7.14. The van der Waals surface area contributed by atoms with Crippen LogP contribution in [0.2, 0.25) is 0 Å². The summed E-state index contributed by atoms with van der Waals surface area (Å²) in [5.74, 6) is 1.32. The topological polar surface area (TPSA) is 84.6 Å². The second-order valence-electron chi connectivity index (χ2n) is 7.04. The van der Waals surface area contributed by atoms with Crippen LogP contribution in [0.4, 0.5) is 13.2 Å². The molecule has 1 aromatic carbocycles. The third kappa shape index (κ3) is 6.43. The molecule has 0 fully saturated rings. The molecular weight excluding hydrogens is 375 g/mol. The number of aromatic nitrogens is 2. The zero-order valence-corrected chi connectivity index (χ0v) is 16.4.